The molecule has 0 atom stereocenters. The van der Waals surface area contributed by atoms with Crippen LogP contribution in [0.3, 0.4) is 0 Å². The van der Waals surface area contributed by atoms with Crippen molar-refractivity contribution in [2.45, 2.75) is 37.8 Å². The maximum absolute atomic E-state index is 13.1. The molecular weight excluding hydrogens is 470 g/mol. The molecule has 0 N–H and O–H groups in total. The van der Waals surface area contributed by atoms with Crippen LogP contribution in [0.2, 0.25) is 0 Å². The maximum atomic E-state index is 13.1. The maximum Gasteiger partial charge on any atom is 0.342 e. The Kier molecular flexibility index (Phi) is 6.72. The Labute approximate surface area is 204 Å². The first-order chi connectivity index (χ1) is 17.0. The number of hydrogen-bond acceptors (Lipinski definition) is 8. The summed E-state index contributed by atoms with van der Waals surface area (Å²) in [5.41, 5.74) is 1.78. The average Bonchev–Trinajstić information content (AvgIpc) is 3.55. The van der Waals surface area contributed by atoms with Crippen LogP contribution in [0.15, 0.2) is 41.4 Å². The summed E-state index contributed by atoms with van der Waals surface area (Å²) in [6.07, 6.45) is 3.84. The third-order valence-electron chi connectivity index (χ3n) is 6.47. The molecule has 0 bridgehead atoms. The third kappa shape index (κ3) is 4.63. The Hall–Kier alpha value is -3.02. The lowest BCUT2D eigenvalue weighted by Gasteiger charge is -2.26. The largest absolute Gasteiger partial charge is 0.454 e. The molecule has 2 aliphatic heterocycles. The van der Waals surface area contributed by atoms with Gasteiger partial charge in [-0.1, -0.05) is 0 Å². The van der Waals surface area contributed by atoms with Crippen molar-refractivity contribution in [2.24, 2.45) is 0 Å². The monoisotopic (exact) mass is 499 g/mol. The molecule has 35 heavy (non-hydrogen) atoms. The molecule has 2 saturated heterocycles. The number of esters is 1. The predicted octanol–water partition coefficient (Wildman–Crippen LogP) is 2.43. The molecule has 11 heteroatoms. The zero-order valence-corrected chi connectivity index (χ0v) is 20.5. The molecule has 2 aromatic heterocycles. The second kappa shape index (κ2) is 9.92. The highest BCUT2D eigenvalue weighted by molar-refractivity contribution is 7.89. The van der Waals surface area contributed by atoms with Gasteiger partial charge in [-0.3, -0.25) is 0 Å². The predicted molar refractivity (Wildman–Crippen MR) is 130 cm³/mol. The molecule has 0 spiro atoms. The van der Waals surface area contributed by atoms with Gasteiger partial charge in [-0.15, -0.1) is 0 Å². The van der Waals surface area contributed by atoms with E-state index in [0.717, 1.165) is 31.4 Å². The Morgan fingerprint density at radius 2 is 1.89 bits per heavy atom. The minimum absolute atomic E-state index is 0.0266. The number of hydrogen-bond donors (Lipinski definition) is 0. The third-order valence-corrected chi connectivity index (χ3v) is 8.36. The first-order valence-corrected chi connectivity index (χ1v) is 13.4. The molecule has 4 heterocycles. The van der Waals surface area contributed by atoms with Crippen molar-refractivity contribution < 1.29 is 22.7 Å². The first kappa shape index (κ1) is 23.7. The molecule has 186 valence electrons. The van der Waals surface area contributed by atoms with Gasteiger partial charge >= 0.3 is 5.97 Å². The van der Waals surface area contributed by atoms with Crippen LogP contribution >= 0.6 is 0 Å². The first-order valence-electron chi connectivity index (χ1n) is 11.9. The van der Waals surface area contributed by atoms with E-state index in [0.29, 0.717) is 55.6 Å². The van der Waals surface area contributed by atoms with Crippen molar-refractivity contribution in [1.29, 1.82) is 0 Å². The fourth-order valence-corrected chi connectivity index (χ4v) is 6.09. The van der Waals surface area contributed by atoms with E-state index in [-0.39, 0.29) is 11.5 Å². The normalized spacial score (nSPS) is 17.2. The number of anilines is 1. The number of benzene rings is 1. The van der Waals surface area contributed by atoms with Gasteiger partial charge in [0.15, 0.2) is 0 Å². The van der Waals surface area contributed by atoms with Crippen LogP contribution in [-0.4, -0.2) is 72.6 Å². The van der Waals surface area contributed by atoms with Crippen molar-refractivity contribution in [3.63, 3.8) is 0 Å². The van der Waals surface area contributed by atoms with E-state index in [9.17, 15) is 13.2 Å². The minimum atomic E-state index is -3.63. The Morgan fingerprint density at radius 1 is 1.11 bits per heavy atom. The van der Waals surface area contributed by atoms with Gasteiger partial charge in [0.2, 0.25) is 10.0 Å². The number of pyridine rings is 1. The molecule has 2 aliphatic rings. The van der Waals surface area contributed by atoms with Crippen molar-refractivity contribution in [3.8, 4) is 0 Å². The Bertz CT molecular complexity index is 1330. The quantitative estimate of drug-likeness (QED) is 0.456. The van der Waals surface area contributed by atoms with E-state index in [2.05, 4.69) is 14.9 Å². The lowest BCUT2D eigenvalue weighted by molar-refractivity contribution is 0.0459. The average molecular weight is 500 g/mol. The number of imidazole rings is 1. The lowest BCUT2D eigenvalue weighted by atomic mass is 10.2. The van der Waals surface area contributed by atoms with Crippen molar-refractivity contribution in [2.75, 3.05) is 44.3 Å². The zero-order chi connectivity index (χ0) is 24.4. The second-order valence-corrected chi connectivity index (χ2v) is 10.5. The molecule has 5 rings (SSSR count). The Balaban J connectivity index is 1.38. The van der Waals surface area contributed by atoms with Gasteiger partial charge in [-0.25, -0.2) is 23.2 Å². The molecule has 0 unspecified atom stereocenters. The van der Waals surface area contributed by atoms with E-state index < -0.39 is 16.0 Å². The number of ether oxygens (including phenoxy) is 2. The smallest absolute Gasteiger partial charge is 0.342 e. The number of rotatable bonds is 7. The number of carbonyl (C=O) groups is 1. The summed E-state index contributed by atoms with van der Waals surface area (Å²) >= 11 is 0. The van der Waals surface area contributed by atoms with E-state index in [1.807, 2.05) is 11.5 Å². The van der Waals surface area contributed by atoms with Gasteiger partial charge in [-0.05, 0) is 50.1 Å². The van der Waals surface area contributed by atoms with Crippen molar-refractivity contribution >= 4 is 32.8 Å². The van der Waals surface area contributed by atoms with Gasteiger partial charge in [0.25, 0.3) is 0 Å². The fourth-order valence-electron chi connectivity index (χ4n) is 4.66. The van der Waals surface area contributed by atoms with Crippen LogP contribution in [-0.2, 0) is 32.6 Å². The van der Waals surface area contributed by atoms with Crippen LogP contribution < -0.4 is 4.90 Å². The molecule has 2 fully saturated rings. The Morgan fingerprint density at radius 3 is 2.63 bits per heavy atom. The van der Waals surface area contributed by atoms with Gasteiger partial charge in [-0.2, -0.15) is 4.31 Å². The molecule has 3 aromatic rings. The summed E-state index contributed by atoms with van der Waals surface area (Å²) in [7, 11) is -3.63. The van der Waals surface area contributed by atoms with Crippen LogP contribution in [0.5, 0.6) is 0 Å². The molecule has 0 saturated carbocycles. The fraction of sp³-hybridized carbons (Fsp3) is 0.458. The summed E-state index contributed by atoms with van der Waals surface area (Å²) in [6.45, 7) is 5.73. The highest BCUT2D eigenvalue weighted by Gasteiger charge is 2.27. The summed E-state index contributed by atoms with van der Waals surface area (Å²) < 4.78 is 40.4. The minimum Gasteiger partial charge on any atom is -0.454 e. The topological polar surface area (TPSA) is 107 Å². The second-order valence-electron chi connectivity index (χ2n) is 8.58. The van der Waals surface area contributed by atoms with Crippen molar-refractivity contribution in [3.05, 3.63) is 47.9 Å². The summed E-state index contributed by atoms with van der Waals surface area (Å²) in [5, 5.41) is 0. The van der Waals surface area contributed by atoms with Crippen LogP contribution in [0, 0.1) is 0 Å². The molecule has 10 nitrogen and oxygen atoms in total. The molecular formula is C24H29N5O5S. The summed E-state index contributed by atoms with van der Waals surface area (Å²) in [6, 6.07) is 8.42. The summed E-state index contributed by atoms with van der Waals surface area (Å²) in [4.78, 5) is 24.3. The van der Waals surface area contributed by atoms with E-state index in [1.165, 1.54) is 4.31 Å². The van der Waals surface area contributed by atoms with Gasteiger partial charge in [0.05, 0.1) is 29.1 Å². The molecule has 1 aromatic carbocycles. The van der Waals surface area contributed by atoms with Crippen LogP contribution in [0.25, 0.3) is 11.0 Å². The molecule has 0 radical (unpaired) electrons. The highest BCUT2D eigenvalue weighted by Crippen LogP contribution is 2.25. The van der Waals surface area contributed by atoms with Gasteiger partial charge < -0.3 is 18.9 Å². The zero-order valence-electron chi connectivity index (χ0n) is 19.7. The van der Waals surface area contributed by atoms with E-state index in [4.69, 9.17) is 9.47 Å². The number of carbonyl (C=O) groups excluding carboxylic acids is 1. The van der Waals surface area contributed by atoms with Gasteiger partial charge in [0, 0.05) is 38.9 Å². The number of morpholine rings is 1. The van der Waals surface area contributed by atoms with E-state index in [1.54, 1.807) is 36.5 Å². The highest BCUT2D eigenvalue weighted by atomic mass is 32.2. The van der Waals surface area contributed by atoms with Crippen LogP contribution in [0.4, 0.5) is 5.82 Å². The number of aryl methyl sites for hydroxylation is 1. The van der Waals surface area contributed by atoms with Crippen LogP contribution in [0.1, 0.15) is 35.9 Å². The number of sulfonamides is 1. The van der Waals surface area contributed by atoms with Gasteiger partial charge in [0.1, 0.15) is 23.8 Å². The molecule has 0 aliphatic carbocycles. The lowest BCUT2D eigenvalue weighted by Crippen LogP contribution is -2.40. The SMILES string of the molecule is CCn1c(COC(=O)c2cccnc2N2CCCC2)nc2cc(S(=O)(=O)N3CCOCC3)ccc21. The number of aromatic nitrogens is 3. The van der Waals surface area contributed by atoms with E-state index >= 15 is 0 Å². The molecule has 0 amide bonds. The summed E-state index contributed by atoms with van der Waals surface area (Å²) in [5.74, 6) is 0.755. The number of fused-ring (bicyclic) bond motifs is 1. The van der Waals surface area contributed by atoms with Crippen molar-refractivity contribution in [1.82, 2.24) is 18.8 Å². The number of nitrogens with zero attached hydrogens (tertiary/aromatic N) is 5. The standard InChI is InChI=1S/C24H29N5O5S/c1-2-29-21-8-7-18(35(31,32)28-12-14-33-15-13-28)16-20(21)26-22(29)17-34-24(30)19-6-5-9-25-23(19)27-10-3-4-11-27/h5-9,16H,2-4,10-15,17H2,1H3.